The highest BCUT2D eigenvalue weighted by atomic mass is 16.5. The third-order valence-electron chi connectivity index (χ3n) is 3.53. The number of carbonyl (C=O) groups excluding carboxylic acids is 2. The second kappa shape index (κ2) is 12.1. The Balaban J connectivity index is 3.20. The second-order valence-electron chi connectivity index (χ2n) is 5.41. The summed E-state index contributed by atoms with van der Waals surface area (Å²) in [5.74, 6) is -1.44. The van der Waals surface area contributed by atoms with Crippen LogP contribution >= 0.6 is 0 Å². The molecule has 0 aliphatic heterocycles. The van der Waals surface area contributed by atoms with Gasteiger partial charge in [-0.15, -0.1) is 6.58 Å². The molecule has 0 fully saturated rings. The van der Waals surface area contributed by atoms with Crippen molar-refractivity contribution in [1.29, 1.82) is 0 Å². The maximum atomic E-state index is 12.6. The van der Waals surface area contributed by atoms with Crippen LogP contribution in [0.25, 0.3) is 0 Å². The molecule has 0 unspecified atom stereocenters. The van der Waals surface area contributed by atoms with E-state index in [4.69, 9.17) is 14.2 Å². The van der Waals surface area contributed by atoms with Crippen molar-refractivity contribution in [2.24, 2.45) is 0 Å². The predicted octanol–water partition coefficient (Wildman–Crippen LogP) is -1.17. The van der Waals surface area contributed by atoms with Gasteiger partial charge in [-0.05, 0) is 0 Å². The molecule has 1 rings (SSSR count). The molecule has 0 atom stereocenters. The molecule has 0 bridgehead atoms. The van der Waals surface area contributed by atoms with Gasteiger partial charge < -0.3 is 14.2 Å². The third kappa shape index (κ3) is 6.88. The van der Waals surface area contributed by atoms with E-state index in [0.29, 0.717) is 0 Å². The van der Waals surface area contributed by atoms with E-state index in [2.05, 4.69) is 19.7 Å². The molecule has 29 heavy (non-hydrogen) atoms. The Morgan fingerprint density at radius 1 is 0.724 bits per heavy atom. The summed E-state index contributed by atoms with van der Waals surface area (Å²) >= 11 is 0. The lowest BCUT2D eigenvalue weighted by Crippen LogP contribution is -2.55. The summed E-state index contributed by atoms with van der Waals surface area (Å²) in [6.45, 7) is 8.97. The predicted molar refractivity (Wildman–Crippen MR) is 103 cm³/mol. The number of carbonyl (C=O) groups is 2. The Morgan fingerprint density at radius 2 is 1.10 bits per heavy atom. The third-order valence-corrected chi connectivity index (χ3v) is 3.53. The van der Waals surface area contributed by atoms with Crippen LogP contribution in [-0.2, 0) is 43.4 Å². The first-order valence-electron chi connectivity index (χ1n) is 8.58. The molecule has 158 valence electrons. The van der Waals surface area contributed by atoms with Crippen molar-refractivity contribution in [3.8, 4) is 0 Å². The summed E-state index contributed by atoms with van der Waals surface area (Å²) in [6, 6.07) is 0. The van der Waals surface area contributed by atoms with Gasteiger partial charge in [0.15, 0.2) is 0 Å². The van der Waals surface area contributed by atoms with Gasteiger partial charge in [0.2, 0.25) is 0 Å². The Hall–Kier alpha value is -3.47. The van der Waals surface area contributed by atoms with Crippen molar-refractivity contribution in [2.45, 2.75) is 19.6 Å². The molecular formula is C18H23N3O8. The number of rotatable bonds is 13. The van der Waals surface area contributed by atoms with Crippen LogP contribution in [0.1, 0.15) is 0 Å². The molecule has 0 aromatic carbocycles. The molecule has 0 aliphatic rings. The summed E-state index contributed by atoms with van der Waals surface area (Å²) in [6.07, 6.45) is 3.38. The molecule has 0 spiro atoms. The summed E-state index contributed by atoms with van der Waals surface area (Å²) in [5.41, 5.74) is -2.68. The van der Waals surface area contributed by atoms with Crippen LogP contribution in [0.2, 0.25) is 0 Å². The van der Waals surface area contributed by atoms with Crippen LogP contribution in [0.15, 0.2) is 52.3 Å². The number of aromatic nitrogens is 3. The minimum atomic E-state index is -0.924. The highest BCUT2D eigenvalue weighted by Crippen LogP contribution is 1.86. The summed E-state index contributed by atoms with van der Waals surface area (Å²) in [4.78, 5) is 60.0. The van der Waals surface area contributed by atoms with Crippen molar-refractivity contribution in [2.75, 3.05) is 26.4 Å². The molecule has 0 saturated carbocycles. The molecular weight excluding hydrogens is 386 g/mol. The fraction of sp³-hybridized carbons (Fsp3) is 0.389. The second-order valence-corrected chi connectivity index (χ2v) is 5.41. The lowest BCUT2D eigenvalue weighted by Gasteiger charge is -2.14. The van der Waals surface area contributed by atoms with Gasteiger partial charge in [0.1, 0.15) is 13.2 Å². The number of esters is 2. The van der Waals surface area contributed by atoms with Crippen LogP contribution in [-0.4, -0.2) is 52.1 Å². The van der Waals surface area contributed by atoms with Gasteiger partial charge in [-0.25, -0.2) is 37.7 Å². The fourth-order valence-electron chi connectivity index (χ4n) is 2.17. The first-order chi connectivity index (χ1) is 13.9. The topological polar surface area (TPSA) is 128 Å². The van der Waals surface area contributed by atoms with Gasteiger partial charge in [-0.3, -0.25) is 0 Å². The number of ether oxygens (including phenoxy) is 3. The van der Waals surface area contributed by atoms with E-state index in [1.54, 1.807) is 0 Å². The van der Waals surface area contributed by atoms with Gasteiger partial charge in [0.05, 0.1) is 32.8 Å². The Bertz CT molecular complexity index is 874. The fourth-order valence-corrected chi connectivity index (χ4v) is 2.17. The van der Waals surface area contributed by atoms with Crippen molar-refractivity contribution in [3.05, 3.63) is 69.4 Å². The van der Waals surface area contributed by atoms with E-state index in [0.717, 1.165) is 25.9 Å². The van der Waals surface area contributed by atoms with Gasteiger partial charge >= 0.3 is 29.0 Å². The van der Waals surface area contributed by atoms with E-state index in [1.165, 1.54) is 6.08 Å². The number of hydrogen-bond acceptors (Lipinski definition) is 8. The average molecular weight is 409 g/mol. The van der Waals surface area contributed by atoms with Crippen LogP contribution in [0.4, 0.5) is 0 Å². The van der Waals surface area contributed by atoms with Gasteiger partial charge in [0.25, 0.3) is 0 Å². The van der Waals surface area contributed by atoms with Crippen molar-refractivity contribution in [1.82, 2.24) is 13.7 Å². The molecule has 1 heterocycles. The molecule has 11 nitrogen and oxygen atoms in total. The maximum Gasteiger partial charge on any atom is 0.336 e. The summed E-state index contributed by atoms with van der Waals surface area (Å²) < 4.78 is 17.1. The largest absolute Gasteiger partial charge is 0.461 e. The van der Waals surface area contributed by atoms with Crippen molar-refractivity contribution in [3.63, 3.8) is 0 Å². The van der Waals surface area contributed by atoms with E-state index in [-0.39, 0.29) is 46.1 Å². The quantitative estimate of drug-likeness (QED) is 0.173. The molecule has 1 aromatic rings. The van der Waals surface area contributed by atoms with Crippen molar-refractivity contribution >= 4 is 11.9 Å². The zero-order valence-corrected chi connectivity index (χ0v) is 15.9. The average Bonchev–Trinajstić information content (AvgIpc) is 2.71. The number of hydrogen-bond donors (Lipinski definition) is 0. The van der Waals surface area contributed by atoms with Gasteiger partial charge in [-0.2, -0.15) is 0 Å². The number of nitrogens with zero attached hydrogens (tertiary/aromatic N) is 3. The lowest BCUT2D eigenvalue weighted by atomic mass is 10.5. The molecule has 1 aromatic heterocycles. The normalized spacial score (nSPS) is 10.2. The minimum Gasteiger partial charge on any atom is -0.461 e. The van der Waals surface area contributed by atoms with Crippen LogP contribution in [0.5, 0.6) is 0 Å². The monoisotopic (exact) mass is 409 g/mol. The SMILES string of the molecule is C=CCOCCn1c(=O)n(CCOC(=O)C=C)c(=O)n(CCOC(=O)C=C)c1=O. The van der Waals surface area contributed by atoms with Gasteiger partial charge in [-0.1, -0.05) is 19.2 Å². The highest BCUT2D eigenvalue weighted by Gasteiger charge is 2.16. The Kier molecular flexibility index (Phi) is 9.82. The first-order valence-corrected chi connectivity index (χ1v) is 8.58. The molecule has 0 N–H and O–H groups in total. The summed E-state index contributed by atoms with van der Waals surface area (Å²) in [5, 5.41) is 0. The van der Waals surface area contributed by atoms with Crippen LogP contribution in [0.3, 0.4) is 0 Å². The standard InChI is InChI=1S/C18H23N3O8/c1-4-10-27-11-7-19-16(24)20(8-12-28-14(22)5-2)18(26)21(17(19)25)9-13-29-15(23)6-3/h4-6H,1-3,7-13H2. The van der Waals surface area contributed by atoms with E-state index >= 15 is 0 Å². The van der Waals surface area contributed by atoms with Crippen molar-refractivity contribution < 1.29 is 23.8 Å². The minimum absolute atomic E-state index is 0.0241. The maximum absolute atomic E-state index is 12.6. The zero-order chi connectivity index (χ0) is 21.8. The van der Waals surface area contributed by atoms with Crippen LogP contribution < -0.4 is 17.1 Å². The molecule has 0 aliphatic carbocycles. The van der Waals surface area contributed by atoms with E-state index < -0.39 is 29.0 Å². The lowest BCUT2D eigenvalue weighted by molar-refractivity contribution is -0.138. The molecule has 0 saturated heterocycles. The van der Waals surface area contributed by atoms with E-state index in [9.17, 15) is 24.0 Å². The Morgan fingerprint density at radius 3 is 1.45 bits per heavy atom. The zero-order valence-electron chi connectivity index (χ0n) is 15.9. The Labute approximate surface area is 165 Å². The highest BCUT2D eigenvalue weighted by molar-refractivity contribution is 5.81. The summed E-state index contributed by atoms with van der Waals surface area (Å²) in [7, 11) is 0. The molecule has 0 amide bonds. The van der Waals surface area contributed by atoms with Gasteiger partial charge in [0, 0.05) is 12.2 Å². The smallest absolute Gasteiger partial charge is 0.336 e. The van der Waals surface area contributed by atoms with E-state index in [1.807, 2.05) is 0 Å². The molecule has 11 heteroatoms. The first kappa shape index (κ1) is 23.6. The molecule has 0 radical (unpaired) electrons. The van der Waals surface area contributed by atoms with Crippen LogP contribution in [0, 0.1) is 0 Å².